The van der Waals surface area contributed by atoms with Crippen LogP contribution < -0.4 is 10.6 Å². The number of fused-ring (bicyclic) bond motifs is 2. The number of esters is 1. The number of amides is 2. The first-order valence-corrected chi connectivity index (χ1v) is 11.8. The van der Waals surface area contributed by atoms with E-state index in [1.54, 1.807) is 0 Å². The largest absolute Gasteiger partial charge is 0.463 e. The highest BCUT2D eigenvalue weighted by Crippen LogP contribution is 2.46. The second-order valence-corrected chi connectivity index (χ2v) is 8.56. The minimum atomic E-state index is -0.658. The van der Waals surface area contributed by atoms with Crippen LogP contribution in [0.4, 0.5) is 4.79 Å². The number of benzene rings is 1. The van der Waals surface area contributed by atoms with Crippen molar-refractivity contribution in [3.05, 3.63) is 77.4 Å². The molecule has 2 unspecified atom stereocenters. The lowest BCUT2D eigenvalue weighted by molar-refractivity contribution is -0.150. The first-order chi connectivity index (χ1) is 17.1. The van der Waals surface area contributed by atoms with Gasteiger partial charge in [-0.05, 0) is 36.0 Å². The van der Waals surface area contributed by atoms with Gasteiger partial charge < -0.3 is 24.8 Å². The first-order valence-electron chi connectivity index (χ1n) is 11.8. The molecule has 0 bridgehead atoms. The summed E-state index contributed by atoms with van der Waals surface area (Å²) in [5.74, 6) is -0.743. The SMILES string of the molecule is O=C(CNC(=O)OCC1C2=C(C=CCC2)c2ccccc21)NCOCC(=O)OCC1C=CC=CC1. The molecule has 0 radical (unpaired) electrons. The van der Waals surface area contributed by atoms with Crippen molar-refractivity contribution in [3.8, 4) is 0 Å². The highest BCUT2D eigenvalue weighted by Gasteiger charge is 2.31. The molecule has 35 heavy (non-hydrogen) atoms. The number of rotatable bonds is 10. The summed E-state index contributed by atoms with van der Waals surface area (Å²) in [5.41, 5.74) is 4.88. The quantitative estimate of drug-likeness (QED) is 0.304. The summed E-state index contributed by atoms with van der Waals surface area (Å²) in [5, 5.41) is 4.92. The van der Waals surface area contributed by atoms with Crippen LogP contribution in [0.1, 0.15) is 36.3 Å². The number of alkyl carbamates (subject to hydrolysis) is 1. The van der Waals surface area contributed by atoms with Crippen molar-refractivity contribution in [3.63, 3.8) is 0 Å². The minimum absolute atomic E-state index is 0.0319. The van der Waals surface area contributed by atoms with Crippen molar-refractivity contribution in [2.45, 2.75) is 25.2 Å². The summed E-state index contributed by atoms with van der Waals surface area (Å²) in [6.07, 6.45) is 14.3. The summed E-state index contributed by atoms with van der Waals surface area (Å²) in [4.78, 5) is 35.8. The molecule has 184 valence electrons. The zero-order valence-electron chi connectivity index (χ0n) is 19.5. The Bertz CT molecular complexity index is 1070. The highest BCUT2D eigenvalue weighted by atomic mass is 16.6. The standard InChI is InChI=1S/C27H30N2O6/c30-25(29-18-33-17-26(31)34-15-19-8-2-1-3-9-19)14-28-27(32)35-16-24-22-12-6-4-10-20(22)21-11-5-7-13-23(21)24/h1-6,8,10-12,19,24H,7,9,13-18H2,(H,28,32)(H,29,30). The Hall–Kier alpha value is -3.65. The monoisotopic (exact) mass is 478 g/mol. The van der Waals surface area contributed by atoms with Crippen LogP contribution in [0, 0.1) is 5.92 Å². The van der Waals surface area contributed by atoms with Gasteiger partial charge in [-0.3, -0.25) is 4.79 Å². The average Bonchev–Trinajstić information content (AvgIpc) is 3.22. The number of carbonyl (C=O) groups excluding carboxylic acids is 3. The number of hydrogen-bond donors (Lipinski definition) is 2. The first kappa shape index (κ1) is 24.5. The van der Waals surface area contributed by atoms with Crippen LogP contribution in [0.15, 0.2) is 66.3 Å². The van der Waals surface area contributed by atoms with Crippen LogP contribution in [0.3, 0.4) is 0 Å². The van der Waals surface area contributed by atoms with Crippen LogP contribution in [0.2, 0.25) is 0 Å². The van der Waals surface area contributed by atoms with Crippen LogP contribution in [0.25, 0.3) is 5.57 Å². The fourth-order valence-corrected chi connectivity index (χ4v) is 4.42. The van der Waals surface area contributed by atoms with Crippen LogP contribution in [-0.4, -0.2) is 51.1 Å². The van der Waals surface area contributed by atoms with Gasteiger partial charge in [-0.15, -0.1) is 0 Å². The van der Waals surface area contributed by atoms with Gasteiger partial charge in [-0.2, -0.15) is 0 Å². The molecule has 0 heterocycles. The highest BCUT2D eigenvalue weighted by molar-refractivity contribution is 5.85. The van der Waals surface area contributed by atoms with Gasteiger partial charge in [0.05, 0.1) is 6.61 Å². The fourth-order valence-electron chi connectivity index (χ4n) is 4.42. The van der Waals surface area contributed by atoms with E-state index in [2.05, 4.69) is 34.9 Å². The van der Waals surface area contributed by atoms with E-state index in [0.29, 0.717) is 6.61 Å². The zero-order valence-corrected chi connectivity index (χ0v) is 19.5. The fraction of sp³-hybridized carbons (Fsp3) is 0.370. The summed E-state index contributed by atoms with van der Waals surface area (Å²) < 4.78 is 15.7. The zero-order chi connectivity index (χ0) is 24.5. The molecule has 2 N–H and O–H groups in total. The van der Waals surface area contributed by atoms with Crippen molar-refractivity contribution < 1.29 is 28.6 Å². The Morgan fingerprint density at radius 1 is 1.00 bits per heavy atom. The topological polar surface area (TPSA) is 103 Å². The van der Waals surface area contributed by atoms with Crippen LogP contribution in [0.5, 0.6) is 0 Å². The van der Waals surface area contributed by atoms with Crippen molar-refractivity contribution in [1.29, 1.82) is 0 Å². The molecule has 2 atom stereocenters. The number of hydrogen-bond acceptors (Lipinski definition) is 6. The second kappa shape index (κ2) is 12.2. The van der Waals surface area contributed by atoms with Crippen molar-refractivity contribution in [1.82, 2.24) is 10.6 Å². The van der Waals surface area contributed by atoms with E-state index in [0.717, 1.165) is 24.8 Å². The van der Waals surface area contributed by atoms with Gasteiger partial charge in [0.1, 0.15) is 26.5 Å². The smallest absolute Gasteiger partial charge is 0.407 e. The van der Waals surface area contributed by atoms with E-state index < -0.39 is 18.0 Å². The molecule has 3 aliphatic carbocycles. The van der Waals surface area contributed by atoms with Gasteiger partial charge in [0.2, 0.25) is 5.91 Å². The molecule has 1 aromatic carbocycles. The number of carbonyl (C=O) groups is 3. The number of nitrogens with one attached hydrogen (secondary N) is 2. The third kappa shape index (κ3) is 6.70. The van der Waals surface area contributed by atoms with Gasteiger partial charge >= 0.3 is 12.1 Å². The van der Waals surface area contributed by atoms with E-state index >= 15 is 0 Å². The van der Waals surface area contributed by atoms with Crippen LogP contribution in [-0.2, 0) is 23.8 Å². The maximum atomic E-state index is 12.2. The van der Waals surface area contributed by atoms with E-state index in [1.165, 1.54) is 16.7 Å². The van der Waals surface area contributed by atoms with E-state index in [4.69, 9.17) is 14.2 Å². The molecule has 0 fully saturated rings. The molecule has 0 aliphatic heterocycles. The van der Waals surface area contributed by atoms with Gasteiger partial charge in [0, 0.05) is 11.8 Å². The molecule has 4 rings (SSSR count). The molecule has 0 aromatic heterocycles. The lowest BCUT2D eigenvalue weighted by atomic mass is 9.91. The van der Waals surface area contributed by atoms with Gasteiger partial charge in [0.15, 0.2) is 0 Å². The van der Waals surface area contributed by atoms with E-state index in [9.17, 15) is 14.4 Å². The summed E-state index contributed by atoms with van der Waals surface area (Å²) in [6.45, 7) is -0.178. The molecular weight excluding hydrogens is 448 g/mol. The Labute approximate surface area is 204 Å². The normalized spacial score (nSPS) is 19.7. The van der Waals surface area contributed by atoms with Crippen LogP contribution >= 0.6 is 0 Å². The molecule has 0 spiro atoms. The summed E-state index contributed by atoms with van der Waals surface area (Å²) in [7, 11) is 0. The van der Waals surface area contributed by atoms with Gasteiger partial charge in [-0.25, -0.2) is 9.59 Å². The summed E-state index contributed by atoms with van der Waals surface area (Å²) >= 11 is 0. The summed E-state index contributed by atoms with van der Waals surface area (Å²) in [6, 6.07) is 8.17. The lowest BCUT2D eigenvalue weighted by Crippen LogP contribution is -2.38. The van der Waals surface area contributed by atoms with Crippen molar-refractivity contribution in [2.24, 2.45) is 5.92 Å². The average molecular weight is 479 g/mol. The molecule has 8 nitrogen and oxygen atoms in total. The Morgan fingerprint density at radius 2 is 1.89 bits per heavy atom. The lowest BCUT2D eigenvalue weighted by Gasteiger charge is -2.18. The van der Waals surface area contributed by atoms with Crippen molar-refractivity contribution >= 4 is 23.5 Å². The third-order valence-electron chi connectivity index (χ3n) is 6.15. The molecule has 0 saturated heterocycles. The maximum absolute atomic E-state index is 12.2. The predicted molar refractivity (Wildman–Crippen MR) is 130 cm³/mol. The van der Waals surface area contributed by atoms with E-state index in [1.807, 2.05) is 36.4 Å². The molecule has 0 saturated carbocycles. The molecule has 8 heteroatoms. The molecule has 1 aromatic rings. The Morgan fingerprint density at radius 3 is 2.74 bits per heavy atom. The third-order valence-corrected chi connectivity index (χ3v) is 6.15. The van der Waals surface area contributed by atoms with E-state index in [-0.39, 0.29) is 38.3 Å². The number of ether oxygens (including phenoxy) is 3. The predicted octanol–water partition coefficient (Wildman–Crippen LogP) is 3.38. The maximum Gasteiger partial charge on any atom is 0.407 e. The van der Waals surface area contributed by atoms with Gasteiger partial charge in [0.25, 0.3) is 0 Å². The Kier molecular flexibility index (Phi) is 8.51. The molecular formula is C27H30N2O6. The molecule has 3 aliphatic rings. The van der Waals surface area contributed by atoms with Gasteiger partial charge in [-0.1, -0.05) is 66.3 Å². The minimum Gasteiger partial charge on any atom is -0.463 e. The Balaban J connectivity index is 1.10. The molecule has 2 amide bonds. The second-order valence-electron chi connectivity index (χ2n) is 8.56. The van der Waals surface area contributed by atoms with Crippen molar-refractivity contribution in [2.75, 3.05) is 33.1 Å². The number of allylic oxidation sites excluding steroid dienone is 6.